The van der Waals surface area contributed by atoms with Crippen molar-refractivity contribution in [2.24, 2.45) is 5.11 Å². The average molecular weight is 243 g/mol. The molecule has 0 saturated heterocycles. The summed E-state index contributed by atoms with van der Waals surface area (Å²) >= 11 is 0. The van der Waals surface area contributed by atoms with Gasteiger partial charge in [0, 0.05) is 4.91 Å². The van der Waals surface area contributed by atoms with E-state index in [2.05, 4.69) is 14.8 Å². The van der Waals surface area contributed by atoms with Crippen LogP contribution in [0.5, 0.6) is 5.75 Å². The van der Waals surface area contributed by atoms with Crippen LogP contribution >= 0.6 is 0 Å². The fraction of sp³-hybridized carbons (Fsp3) is 0.222. The Morgan fingerprint density at radius 3 is 2.82 bits per heavy atom. The number of benzene rings is 1. The lowest BCUT2D eigenvalue weighted by molar-refractivity contribution is 0.0695. The number of aromatic carboxylic acids is 1. The number of carbonyl (C=O) groups is 1. The summed E-state index contributed by atoms with van der Waals surface area (Å²) in [6.45, 7) is -0.861. The summed E-state index contributed by atoms with van der Waals surface area (Å²) in [6, 6.07) is 3.37. The van der Waals surface area contributed by atoms with Gasteiger partial charge in [-0.25, -0.2) is 13.6 Å². The molecule has 1 N–H and O–H groups in total. The average Bonchev–Trinajstić information content (AvgIpc) is 2.27. The molecule has 0 aliphatic carbocycles. The normalized spacial score (nSPS) is 9.82. The van der Waals surface area contributed by atoms with Gasteiger partial charge in [0.05, 0.1) is 11.3 Å². The molecule has 8 heteroatoms. The summed E-state index contributed by atoms with van der Waals surface area (Å²) in [7, 11) is 0. The number of carboxylic acid groups (broad SMARTS) is 1. The quantitative estimate of drug-likeness (QED) is 0.489. The maximum absolute atomic E-state index is 11.9. The third kappa shape index (κ3) is 3.62. The van der Waals surface area contributed by atoms with E-state index in [1.54, 1.807) is 0 Å². The van der Waals surface area contributed by atoms with Crippen molar-refractivity contribution in [1.29, 1.82) is 0 Å². The Kier molecular flexibility index (Phi) is 4.24. The number of nitrogens with zero attached hydrogens (tertiary/aromatic N) is 3. The van der Waals surface area contributed by atoms with Gasteiger partial charge in [0.15, 0.2) is 0 Å². The van der Waals surface area contributed by atoms with Gasteiger partial charge in [0.2, 0.25) is 0 Å². The van der Waals surface area contributed by atoms with Gasteiger partial charge in [-0.2, -0.15) is 0 Å². The van der Waals surface area contributed by atoms with E-state index in [9.17, 15) is 13.6 Å². The Hall–Kier alpha value is -2.34. The minimum Gasteiger partial charge on any atom is -0.487 e. The number of carboxylic acids is 1. The molecule has 0 amide bonds. The summed E-state index contributed by atoms with van der Waals surface area (Å²) in [5.41, 5.74) is 7.98. The number of hydrogen-bond donors (Lipinski definition) is 1. The number of halogens is 2. The molecule has 0 atom stereocenters. The molecule has 1 aromatic rings. The Labute approximate surface area is 94.1 Å². The predicted octanol–water partition coefficient (Wildman–Crippen LogP) is 2.97. The van der Waals surface area contributed by atoms with Crippen molar-refractivity contribution in [1.82, 2.24) is 0 Å². The largest absolute Gasteiger partial charge is 0.487 e. The lowest BCUT2D eigenvalue weighted by Gasteiger charge is -2.08. The van der Waals surface area contributed by atoms with Crippen molar-refractivity contribution in [2.45, 2.75) is 6.43 Å². The van der Waals surface area contributed by atoms with Gasteiger partial charge in [-0.1, -0.05) is 5.11 Å². The Morgan fingerprint density at radius 2 is 2.29 bits per heavy atom. The first kappa shape index (κ1) is 12.7. The van der Waals surface area contributed by atoms with Gasteiger partial charge in [0.25, 0.3) is 6.43 Å². The molecule has 0 unspecified atom stereocenters. The Balaban J connectivity index is 3.04. The summed E-state index contributed by atoms with van der Waals surface area (Å²) in [5, 5.41) is 11.9. The lowest BCUT2D eigenvalue weighted by atomic mass is 10.2. The van der Waals surface area contributed by atoms with E-state index in [0.29, 0.717) is 0 Å². The van der Waals surface area contributed by atoms with Gasteiger partial charge in [-0.15, -0.1) is 0 Å². The van der Waals surface area contributed by atoms with Crippen molar-refractivity contribution in [3.63, 3.8) is 0 Å². The Bertz CT molecular complexity index is 473. The zero-order chi connectivity index (χ0) is 12.8. The zero-order valence-electron chi connectivity index (χ0n) is 8.38. The molecule has 1 rings (SSSR count). The third-order valence-electron chi connectivity index (χ3n) is 1.72. The number of ether oxygens (including phenoxy) is 1. The van der Waals surface area contributed by atoms with Gasteiger partial charge in [-0.3, -0.25) is 0 Å². The molecule has 6 nitrogen and oxygen atoms in total. The molecule has 0 heterocycles. The van der Waals surface area contributed by atoms with Crippen LogP contribution in [-0.2, 0) is 0 Å². The van der Waals surface area contributed by atoms with Gasteiger partial charge in [-0.05, 0) is 23.7 Å². The first-order valence-electron chi connectivity index (χ1n) is 4.38. The lowest BCUT2D eigenvalue weighted by Crippen LogP contribution is -2.07. The molecular weight excluding hydrogens is 236 g/mol. The maximum atomic E-state index is 11.9. The standard InChI is InChI=1S/C9H7F2N3O3/c10-8(11)4-17-7-2-1-5(9(15)16)3-6(7)13-14-12/h1-3,8H,4H2,(H,15,16). The highest BCUT2D eigenvalue weighted by atomic mass is 19.3. The van der Waals surface area contributed by atoms with Crippen molar-refractivity contribution >= 4 is 11.7 Å². The topological polar surface area (TPSA) is 95.3 Å². The van der Waals surface area contributed by atoms with Crippen LogP contribution < -0.4 is 4.74 Å². The van der Waals surface area contributed by atoms with E-state index >= 15 is 0 Å². The number of azide groups is 1. The highest BCUT2D eigenvalue weighted by Gasteiger charge is 2.10. The second-order valence-corrected chi connectivity index (χ2v) is 2.88. The highest BCUT2D eigenvalue weighted by molar-refractivity contribution is 5.89. The van der Waals surface area contributed by atoms with Crippen LogP contribution in [0.25, 0.3) is 10.4 Å². The highest BCUT2D eigenvalue weighted by Crippen LogP contribution is 2.29. The molecule has 0 radical (unpaired) electrons. The number of alkyl halides is 2. The van der Waals surface area contributed by atoms with Crippen LogP contribution in [0.4, 0.5) is 14.5 Å². The van der Waals surface area contributed by atoms with Crippen molar-refractivity contribution in [2.75, 3.05) is 6.61 Å². The predicted molar refractivity (Wildman–Crippen MR) is 53.7 cm³/mol. The second-order valence-electron chi connectivity index (χ2n) is 2.88. The van der Waals surface area contributed by atoms with Gasteiger partial charge >= 0.3 is 5.97 Å². The molecule has 0 saturated carbocycles. The van der Waals surface area contributed by atoms with Crippen LogP contribution in [0, 0.1) is 0 Å². The first-order valence-corrected chi connectivity index (χ1v) is 4.38. The van der Waals surface area contributed by atoms with Crippen molar-refractivity contribution in [3.8, 4) is 5.75 Å². The zero-order valence-corrected chi connectivity index (χ0v) is 8.38. The van der Waals surface area contributed by atoms with Gasteiger partial charge in [0.1, 0.15) is 12.4 Å². The fourth-order valence-corrected chi connectivity index (χ4v) is 1.05. The van der Waals surface area contributed by atoms with Crippen LogP contribution in [0.2, 0.25) is 0 Å². The first-order chi connectivity index (χ1) is 8.04. The molecule has 0 spiro atoms. The monoisotopic (exact) mass is 243 g/mol. The van der Waals surface area contributed by atoms with E-state index in [1.165, 1.54) is 6.07 Å². The molecular formula is C9H7F2N3O3. The molecule has 90 valence electrons. The van der Waals surface area contributed by atoms with E-state index in [-0.39, 0.29) is 17.0 Å². The van der Waals surface area contributed by atoms with E-state index < -0.39 is 19.0 Å². The third-order valence-corrected chi connectivity index (χ3v) is 1.72. The smallest absolute Gasteiger partial charge is 0.335 e. The van der Waals surface area contributed by atoms with Crippen LogP contribution in [0.15, 0.2) is 23.3 Å². The minimum atomic E-state index is -2.67. The molecule has 0 aliphatic rings. The molecule has 1 aromatic carbocycles. The molecule has 0 aliphatic heterocycles. The molecule has 0 aromatic heterocycles. The summed E-state index contributed by atoms with van der Waals surface area (Å²) in [5.74, 6) is -1.31. The summed E-state index contributed by atoms with van der Waals surface area (Å²) in [6.07, 6.45) is -2.67. The van der Waals surface area contributed by atoms with E-state index in [1.807, 2.05) is 0 Å². The van der Waals surface area contributed by atoms with Crippen LogP contribution in [0.1, 0.15) is 10.4 Å². The summed E-state index contributed by atoms with van der Waals surface area (Å²) < 4.78 is 28.5. The molecule has 0 bridgehead atoms. The van der Waals surface area contributed by atoms with E-state index in [0.717, 1.165) is 12.1 Å². The maximum Gasteiger partial charge on any atom is 0.335 e. The number of hydrogen-bond acceptors (Lipinski definition) is 3. The number of rotatable bonds is 5. The van der Waals surface area contributed by atoms with Crippen LogP contribution in [-0.4, -0.2) is 24.1 Å². The van der Waals surface area contributed by atoms with E-state index in [4.69, 9.17) is 10.6 Å². The SMILES string of the molecule is [N-]=[N+]=Nc1cc(C(=O)O)ccc1OCC(F)F. The molecule has 0 fully saturated rings. The Morgan fingerprint density at radius 1 is 1.59 bits per heavy atom. The van der Waals surface area contributed by atoms with Crippen molar-refractivity contribution in [3.05, 3.63) is 34.2 Å². The second kappa shape index (κ2) is 5.66. The summed E-state index contributed by atoms with van der Waals surface area (Å²) in [4.78, 5) is 13.1. The minimum absolute atomic E-state index is 0.0897. The van der Waals surface area contributed by atoms with Gasteiger partial charge < -0.3 is 9.84 Å². The fourth-order valence-electron chi connectivity index (χ4n) is 1.05. The van der Waals surface area contributed by atoms with Crippen molar-refractivity contribution < 1.29 is 23.4 Å². The van der Waals surface area contributed by atoms with Crippen LogP contribution in [0.3, 0.4) is 0 Å². The molecule has 17 heavy (non-hydrogen) atoms.